The van der Waals surface area contributed by atoms with Gasteiger partial charge in [-0.25, -0.2) is 13.2 Å². The summed E-state index contributed by atoms with van der Waals surface area (Å²) in [5, 5.41) is 0. The minimum absolute atomic E-state index is 0.116. The fourth-order valence-electron chi connectivity index (χ4n) is 2.08. The average Bonchev–Trinajstić information content (AvgIpc) is 2.60. The van der Waals surface area contributed by atoms with Gasteiger partial charge in [0.1, 0.15) is 17.5 Å². The van der Waals surface area contributed by atoms with Crippen molar-refractivity contribution in [3.8, 4) is 0 Å². The Morgan fingerprint density at radius 2 is 0.741 bits per heavy atom. The van der Waals surface area contributed by atoms with Crippen LogP contribution in [0.5, 0.6) is 0 Å². The number of hydrogen-bond donors (Lipinski definition) is 0. The van der Waals surface area contributed by atoms with Gasteiger partial charge >= 0.3 is 0 Å². The summed E-state index contributed by atoms with van der Waals surface area (Å²) in [6.45, 7) is 10.9. The molecule has 0 nitrogen and oxygen atoms in total. The quantitative estimate of drug-likeness (QED) is 0.387. The molecule has 0 atom stereocenters. The van der Waals surface area contributed by atoms with Gasteiger partial charge in [0.25, 0.3) is 0 Å². The highest BCUT2D eigenvalue weighted by Crippen LogP contribution is 2.12. The number of aryl methyl sites for hydroxylation is 6. The van der Waals surface area contributed by atoms with Crippen molar-refractivity contribution in [2.75, 3.05) is 0 Å². The van der Waals surface area contributed by atoms with Crippen LogP contribution >= 0.6 is 0 Å². The van der Waals surface area contributed by atoms with Gasteiger partial charge in [0.15, 0.2) is 0 Å². The summed E-state index contributed by atoms with van der Waals surface area (Å²) in [6, 6.07) is 16.1. The van der Waals surface area contributed by atoms with Crippen LogP contribution in [-0.4, -0.2) is 0 Å². The minimum atomic E-state index is -0.348. The Hall–Kier alpha value is -2.55. The monoisotopic (exact) mass is 372 g/mol. The zero-order valence-electron chi connectivity index (χ0n) is 16.8. The Kier molecular flexibility index (Phi) is 8.80. The fourth-order valence-corrected chi connectivity index (χ4v) is 2.08. The Morgan fingerprint density at radius 3 is 1.07 bits per heavy atom. The van der Waals surface area contributed by atoms with Crippen molar-refractivity contribution in [3.05, 3.63) is 105 Å². The highest BCUT2D eigenvalue weighted by Gasteiger charge is 2.01. The molecule has 0 aliphatic rings. The smallest absolute Gasteiger partial charge is 0.126 e. The molecule has 0 aliphatic heterocycles. The van der Waals surface area contributed by atoms with Crippen molar-refractivity contribution >= 4 is 0 Å². The first-order valence-electron chi connectivity index (χ1n) is 8.78. The number of halogens is 3. The van der Waals surface area contributed by atoms with Crippen LogP contribution in [0.15, 0.2) is 54.6 Å². The predicted molar refractivity (Wildman–Crippen MR) is 108 cm³/mol. The van der Waals surface area contributed by atoms with Crippen molar-refractivity contribution in [2.45, 2.75) is 41.5 Å². The third kappa shape index (κ3) is 8.12. The fraction of sp³-hybridized carbons (Fsp3) is 0.250. The van der Waals surface area contributed by atoms with E-state index in [0.29, 0.717) is 16.7 Å². The van der Waals surface area contributed by atoms with Crippen LogP contribution in [0.2, 0.25) is 0 Å². The van der Waals surface area contributed by atoms with E-state index < -0.39 is 0 Å². The topological polar surface area (TPSA) is 0 Å². The Bertz CT molecular complexity index is 794. The van der Waals surface area contributed by atoms with Crippen molar-refractivity contribution in [1.82, 2.24) is 0 Å². The highest BCUT2D eigenvalue weighted by atomic mass is 19.1. The summed E-state index contributed by atoms with van der Waals surface area (Å²) < 4.78 is 37.8. The van der Waals surface area contributed by atoms with E-state index >= 15 is 0 Å². The number of benzene rings is 3. The second-order valence-electron chi connectivity index (χ2n) is 6.76. The first-order valence-corrected chi connectivity index (χ1v) is 8.78. The Labute approximate surface area is 160 Å². The molecule has 0 saturated carbocycles. The lowest BCUT2D eigenvalue weighted by molar-refractivity contribution is 0.585. The van der Waals surface area contributed by atoms with Crippen molar-refractivity contribution in [1.29, 1.82) is 0 Å². The summed E-state index contributed by atoms with van der Waals surface area (Å²) in [5.41, 5.74) is 5.04. The van der Waals surface area contributed by atoms with Crippen LogP contribution in [0.4, 0.5) is 13.2 Å². The van der Waals surface area contributed by atoms with Crippen LogP contribution in [0.3, 0.4) is 0 Å². The van der Waals surface area contributed by atoms with Crippen LogP contribution in [0.1, 0.15) is 33.4 Å². The van der Waals surface area contributed by atoms with E-state index in [1.807, 2.05) is 13.0 Å². The second kappa shape index (κ2) is 10.6. The van der Waals surface area contributed by atoms with Crippen molar-refractivity contribution in [2.24, 2.45) is 0 Å². The first-order chi connectivity index (χ1) is 12.6. The molecular formula is C24H27F3. The van der Waals surface area contributed by atoms with E-state index in [2.05, 4.69) is 38.1 Å². The highest BCUT2D eigenvalue weighted by molar-refractivity contribution is 5.24. The summed E-state index contributed by atoms with van der Waals surface area (Å²) in [7, 11) is 0. The van der Waals surface area contributed by atoms with Gasteiger partial charge in [-0.2, -0.15) is 0 Å². The molecule has 144 valence electrons. The van der Waals surface area contributed by atoms with E-state index in [0.717, 1.165) is 5.56 Å². The van der Waals surface area contributed by atoms with E-state index in [1.54, 1.807) is 13.0 Å². The molecule has 0 fully saturated rings. The molecule has 3 aromatic carbocycles. The second-order valence-corrected chi connectivity index (χ2v) is 6.76. The molecule has 0 unspecified atom stereocenters. The molecule has 0 spiro atoms. The lowest BCUT2D eigenvalue weighted by atomic mass is 10.1. The van der Waals surface area contributed by atoms with E-state index in [9.17, 15) is 13.2 Å². The van der Waals surface area contributed by atoms with E-state index in [1.165, 1.54) is 43.2 Å². The van der Waals surface area contributed by atoms with Gasteiger partial charge in [-0.05, 0) is 82.0 Å². The summed E-state index contributed by atoms with van der Waals surface area (Å²) in [5.74, 6) is -0.812. The lowest BCUT2D eigenvalue weighted by Crippen LogP contribution is -1.88. The predicted octanol–water partition coefficient (Wildman–Crippen LogP) is 7.33. The van der Waals surface area contributed by atoms with E-state index in [4.69, 9.17) is 0 Å². The van der Waals surface area contributed by atoms with Gasteiger partial charge in [0.2, 0.25) is 0 Å². The molecule has 0 bridgehead atoms. The summed E-state index contributed by atoms with van der Waals surface area (Å²) in [6.07, 6.45) is 0. The zero-order valence-corrected chi connectivity index (χ0v) is 16.8. The molecule has 0 aliphatic carbocycles. The third-order valence-corrected chi connectivity index (χ3v) is 3.99. The summed E-state index contributed by atoms with van der Waals surface area (Å²) >= 11 is 0. The lowest BCUT2D eigenvalue weighted by Gasteiger charge is -1.98. The standard InChI is InChI=1S/C8H8F2.C8H9F.C8H10/c1-5-3-8(10)6(2)4-7(5)9;1-6-3-4-7(2)8(9)5-6;1-7-3-5-8(2)6-4-7/h3-4H,1-2H3;3-5H,1-2H3;3-6H,1-2H3. The molecule has 0 heterocycles. The van der Waals surface area contributed by atoms with Crippen LogP contribution in [0.25, 0.3) is 0 Å². The third-order valence-electron chi connectivity index (χ3n) is 3.99. The number of rotatable bonds is 0. The zero-order chi connectivity index (χ0) is 20.6. The Morgan fingerprint density at radius 1 is 0.407 bits per heavy atom. The van der Waals surface area contributed by atoms with Gasteiger partial charge in [0, 0.05) is 0 Å². The first kappa shape index (κ1) is 22.5. The molecule has 3 rings (SSSR count). The summed E-state index contributed by atoms with van der Waals surface area (Å²) in [4.78, 5) is 0. The largest absolute Gasteiger partial charge is 0.207 e. The van der Waals surface area contributed by atoms with Crippen LogP contribution < -0.4 is 0 Å². The van der Waals surface area contributed by atoms with Gasteiger partial charge in [0.05, 0.1) is 0 Å². The van der Waals surface area contributed by atoms with Gasteiger partial charge in [-0.1, -0.05) is 47.5 Å². The van der Waals surface area contributed by atoms with Crippen molar-refractivity contribution in [3.63, 3.8) is 0 Å². The maximum Gasteiger partial charge on any atom is 0.126 e. The molecule has 3 aromatic rings. The molecular weight excluding hydrogens is 345 g/mol. The average molecular weight is 372 g/mol. The molecule has 0 saturated heterocycles. The van der Waals surface area contributed by atoms with Gasteiger partial charge in [-0.15, -0.1) is 0 Å². The van der Waals surface area contributed by atoms with Crippen LogP contribution in [0, 0.1) is 59.0 Å². The van der Waals surface area contributed by atoms with Gasteiger partial charge in [-0.3, -0.25) is 0 Å². The molecule has 0 N–H and O–H groups in total. The normalized spacial score (nSPS) is 9.67. The molecule has 0 radical (unpaired) electrons. The SMILES string of the molecule is Cc1cc(F)c(C)cc1F.Cc1ccc(C)c(F)c1.Cc1ccc(C)cc1. The maximum absolute atomic E-state index is 12.6. The number of hydrogen-bond acceptors (Lipinski definition) is 0. The molecule has 27 heavy (non-hydrogen) atoms. The Balaban J connectivity index is 0.000000204. The maximum atomic E-state index is 12.6. The van der Waals surface area contributed by atoms with Crippen LogP contribution in [-0.2, 0) is 0 Å². The molecule has 0 aromatic heterocycles. The van der Waals surface area contributed by atoms with E-state index in [-0.39, 0.29) is 17.5 Å². The molecule has 0 amide bonds. The minimum Gasteiger partial charge on any atom is -0.207 e. The molecule has 3 heteroatoms. The van der Waals surface area contributed by atoms with Gasteiger partial charge < -0.3 is 0 Å². The van der Waals surface area contributed by atoms with Crippen molar-refractivity contribution < 1.29 is 13.2 Å².